The molecular weight excluding hydrogens is 174 g/mol. The predicted octanol–water partition coefficient (Wildman–Crippen LogP) is 2.29. The van der Waals surface area contributed by atoms with Crippen molar-refractivity contribution in [2.24, 2.45) is 17.3 Å². The maximum atomic E-state index is 5.13. The molecular formula is C12H25NO. The van der Waals surface area contributed by atoms with Crippen LogP contribution in [-0.2, 0) is 4.74 Å². The van der Waals surface area contributed by atoms with E-state index in [1.807, 2.05) is 0 Å². The summed E-state index contributed by atoms with van der Waals surface area (Å²) in [5.41, 5.74) is 0.569. The smallest absolute Gasteiger partial charge is 0.0467 e. The minimum Gasteiger partial charge on any atom is -0.385 e. The van der Waals surface area contributed by atoms with Gasteiger partial charge < -0.3 is 10.1 Å². The second-order valence-electron chi connectivity index (χ2n) is 5.35. The second kappa shape index (κ2) is 5.13. The monoisotopic (exact) mass is 199 g/mol. The lowest BCUT2D eigenvalue weighted by Gasteiger charge is -2.11. The number of methoxy groups -OCH3 is 1. The van der Waals surface area contributed by atoms with Gasteiger partial charge in [-0.15, -0.1) is 0 Å². The largest absolute Gasteiger partial charge is 0.385 e. The second-order valence-corrected chi connectivity index (χ2v) is 5.35. The Balaban J connectivity index is 2.06. The lowest BCUT2D eigenvalue weighted by Crippen LogP contribution is -2.23. The standard InChI is InChI=1S/C12H25NO/c1-10(2)8-13-9-11-7-12(11,3)5-6-14-4/h10-11,13H,5-9H2,1-4H3. The van der Waals surface area contributed by atoms with Crippen LogP contribution in [0.1, 0.15) is 33.6 Å². The molecule has 0 aromatic heterocycles. The highest BCUT2D eigenvalue weighted by Crippen LogP contribution is 2.54. The molecule has 1 aliphatic rings. The molecule has 14 heavy (non-hydrogen) atoms. The fourth-order valence-corrected chi connectivity index (χ4v) is 2.01. The maximum Gasteiger partial charge on any atom is 0.0467 e. The highest BCUT2D eigenvalue weighted by atomic mass is 16.5. The van der Waals surface area contributed by atoms with Crippen molar-refractivity contribution in [2.75, 3.05) is 26.8 Å². The van der Waals surface area contributed by atoms with Crippen LogP contribution in [0.5, 0.6) is 0 Å². The normalized spacial score (nSPS) is 31.1. The first kappa shape index (κ1) is 12.0. The summed E-state index contributed by atoms with van der Waals surface area (Å²) < 4.78 is 5.13. The van der Waals surface area contributed by atoms with Gasteiger partial charge in [0.2, 0.25) is 0 Å². The Morgan fingerprint density at radius 1 is 1.50 bits per heavy atom. The predicted molar refractivity (Wildman–Crippen MR) is 60.4 cm³/mol. The van der Waals surface area contributed by atoms with E-state index >= 15 is 0 Å². The van der Waals surface area contributed by atoms with E-state index < -0.39 is 0 Å². The van der Waals surface area contributed by atoms with E-state index in [0.717, 1.165) is 25.0 Å². The molecule has 0 aromatic carbocycles. The van der Waals surface area contributed by atoms with Gasteiger partial charge in [0.1, 0.15) is 0 Å². The first-order valence-corrected chi connectivity index (χ1v) is 5.78. The average molecular weight is 199 g/mol. The van der Waals surface area contributed by atoms with Gasteiger partial charge in [-0.1, -0.05) is 20.8 Å². The van der Waals surface area contributed by atoms with Crippen molar-refractivity contribution in [1.82, 2.24) is 5.32 Å². The van der Waals surface area contributed by atoms with Gasteiger partial charge >= 0.3 is 0 Å². The lowest BCUT2D eigenvalue weighted by molar-refractivity contribution is 0.172. The molecule has 0 heterocycles. The third-order valence-electron chi connectivity index (χ3n) is 3.36. The number of ether oxygens (including phenoxy) is 1. The summed E-state index contributed by atoms with van der Waals surface area (Å²) in [4.78, 5) is 0. The van der Waals surface area contributed by atoms with E-state index in [1.165, 1.54) is 19.4 Å². The van der Waals surface area contributed by atoms with Gasteiger partial charge in [-0.2, -0.15) is 0 Å². The summed E-state index contributed by atoms with van der Waals surface area (Å²) in [5, 5.41) is 3.54. The number of nitrogens with one attached hydrogen (secondary N) is 1. The van der Waals surface area contributed by atoms with Crippen molar-refractivity contribution < 1.29 is 4.74 Å². The van der Waals surface area contributed by atoms with Crippen LogP contribution in [-0.4, -0.2) is 26.8 Å². The molecule has 2 heteroatoms. The third kappa shape index (κ3) is 3.58. The topological polar surface area (TPSA) is 21.3 Å². The molecule has 0 radical (unpaired) electrons. The van der Waals surface area contributed by atoms with Crippen molar-refractivity contribution in [3.8, 4) is 0 Å². The SMILES string of the molecule is COCCC1(C)CC1CNCC(C)C. The Morgan fingerprint density at radius 3 is 2.79 bits per heavy atom. The van der Waals surface area contributed by atoms with Gasteiger partial charge in [0, 0.05) is 13.7 Å². The molecule has 1 rings (SSSR count). The molecule has 2 atom stereocenters. The number of hydrogen-bond acceptors (Lipinski definition) is 2. The van der Waals surface area contributed by atoms with Gasteiger partial charge in [-0.3, -0.25) is 0 Å². The highest BCUT2D eigenvalue weighted by Gasteiger charge is 2.48. The molecule has 84 valence electrons. The molecule has 0 aliphatic heterocycles. The van der Waals surface area contributed by atoms with Gasteiger partial charge in [0.15, 0.2) is 0 Å². The van der Waals surface area contributed by atoms with Crippen LogP contribution in [0.4, 0.5) is 0 Å². The molecule has 1 aliphatic carbocycles. The van der Waals surface area contributed by atoms with Crippen LogP contribution in [0.3, 0.4) is 0 Å². The molecule has 1 N–H and O–H groups in total. The quantitative estimate of drug-likeness (QED) is 0.679. The van der Waals surface area contributed by atoms with E-state index in [9.17, 15) is 0 Å². The number of hydrogen-bond donors (Lipinski definition) is 1. The van der Waals surface area contributed by atoms with Gasteiger partial charge in [-0.05, 0) is 43.2 Å². The fraction of sp³-hybridized carbons (Fsp3) is 1.00. The zero-order valence-corrected chi connectivity index (χ0v) is 10.1. The fourth-order valence-electron chi connectivity index (χ4n) is 2.01. The van der Waals surface area contributed by atoms with Crippen molar-refractivity contribution in [3.05, 3.63) is 0 Å². The van der Waals surface area contributed by atoms with Crippen molar-refractivity contribution >= 4 is 0 Å². The lowest BCUT2D eigenvalue weighted by atomic mass is 10.0. The Kier molecular flexibility index (Phi) is 4.39. The minimum atomic E-state index is 0.569. The Bertz CT molecular complexity index is 170. The molecule has 0 saturated heterocycles. The molecule has 0 bridgehead atoms. The third-order valence-corrected chi connectivity index (χ3v) is 3.36. The summed E-state index contributed by atoms with van der Waals surface area (Å²) in [5.74, 6) is 1.65. The minimum absolute atomic E-state index is 0.569. The number of rotatable bonds is 7. The molecule has 0 amide bonds. The summed E-state index contributed by atoms with van der Waals surface area (Å²) in [6, 6.07) is 0. The Hall–Kier alpha value is -0.0800. The first-order chi connectivity index (χ1) is 6.58. The van der Waals surface area contributed by atoms with Crippen LogP contribution in [0.2, 0.25) is 0 Å². The van der Waals surface area contributed by atoms with Crippen LogP contribution in [0, 0.1) is 17.3 Å². The van der Waals surface area contributed by atoms with Gasteiger partial charge in [-0.25, -0.2) is 0 Å². The van der Waals surface area contributed by atoms with Crippen LogP contribution >= 0.6 is 0 Å². The zero-order valence-electron chi connectivity index (χ0n) is 10.1. The molecule has 2 unspecified atom stereocenters. The van der Waals surface area contributed by atoms with Crippen LogP contribution in [0.25, 0.3) is 0 Å². The van der Waals surface area contributed by atoms with E-state index in [-0.39, 0.29) is 0 Å². The van der Waals surface area contributed by atoms with Crippen molar-refractivity contribution in [1.29, 1.82) is 0 Å². The summed E-state index contributed by atoms with van der Waals surface area (Å²) >= 11 is 0. The summed E-state index contributed by atoms with van der Waals surface area (Å²) in [7, 11) is 1.79. The van der Waals surface area contributed by atoms with E-state index in [2.05, 4.69) is 26.1 Å². The van der Waals surface area contributed by atoms with Crippen LogP contribution in [0.15, 0.2) is 0 Å². The first-order valence-electron chi connectivity index (χ1n) is 5.78. The van der Waals surface area contributed by atoms with E-state index in [1.54, 1.807) is 7.11 Å². The highest BCUT2D eigenvalue weighted by molar-refractivity contribution is 4.99. The van der Waals surface area contributed by atoms with E-state index in [4.69, 9.17) is 4.74 Å². The van der Waals surface area contributed by atoms with Gasteiger partial charge in [0.25, 0.3) is 0 Å². The van der Waals surface area contributed by atoms with Crippen LogP contribution < -0.4 is 5.32 Å². The molecule has 1 saturated carbocycles. The molecule has 0 aromatic rings. The average Bonchev–Trinajstić information content (AvgIpc) is 2.74. The molecule has 0 spiro atoms. The van der Waals surface area contributed by atoms with E-state index in [0.29, 0.717) is 5.41 Å². The summed E-state index contributed by atoms with van der Waals surface area (Å²) in [6.07, 6.45) is 2.60. The Labute approximate surface area is 88.4 Å². The van der Waals surface area contributed by atoms with Crippen molar-refractivity contribution in [2.45, 2.75) is 33.6 Å². The van der Waals surface area contributed by atoms with Gasteiger partial charge in [0.05, 0.1) is 0 Å². The Morgan fingerprint density at radius 2 is 2.21 bits per heavy atom. The molecule has 1 fully saturated rings. The zero-order chi connectivity index (χ0) is 10.6. The maximum absolute atomic E-state index is 5.13. The van der Waals surface area contributed by atoms with Crippen molar-refractivity contribution in [3.63, 3.8) is 0 Å². The summed E-state index contributed by atoms with van der Waals surface area (Å²) in [6.45, 7) is 10.1. The molecule has 2 nitrogen and oxygen atoms in total.